The van der Waals surface area contributed by atoms with Crippen LogP contribution in [0.2, 0.25) is 0 Å². The Hall–Kier alpha value is -0.790. The van der Waals surface area contributed by atoms with Gasteiger partial charge in [-0.25, -0.2) is 0 Å². The minimum Gasteiger partial charge on any atom is -0.349 e. The van der Waals surface area contributed by atoms with Gasteiger partial charge in [0.25, 0.3) is 0 Å². The summed E-state index contributed by atoms with van der Waals surface area (Å²) in [6.45, 7) is 3.42. The number of fused-ring (bicyclic) bond motifs is 1. The maximum Gasteiger partial charge on any atom is 0.243 e. The maximum absolute atomic E-state index is 10.9. The SMILES string of the molecule is C=CC(=O)NC1[C@H]2CCC[C@@H]12. The third-order valence-corrected chi connectivity index (χ3v) is 2.90. The van der Waals surface area contributed by atoms with Crippen LogP contribution >= 0.6 is 0 Å². The van der Waals surface area contributed by atoms with Crippen molar-refractivity contribution in [2.45, 2.75) is 25.3 Å². The second kappa shape index (κ2) is 2.36. The van der Waals surface area contributed by atoms with Crippen LogP contribution in [0.15, 0.2) is 12.7 Å². The van der Waals surface area contributed by atoms with Crippen LogP contribution < -0.4 is 5.32 Å². The number of hydrogen-bond acceptors (Lipinski definition) is 1. The zero-order valence-electron chi connectivity index (χ0n) is 6.55. The molecule has 1 unspecified atom stereocenters. The molecule has 2 fully saturated rings. The van der Waals surface area contributed by atoms with Crippen LogP contribution in [0, 0.1) is 11.8 Å². The van der Waals surface area contributed by atoms with Crippen molar-refractivity contribution >= 4 is 5.91 Å². The van der Waals surface area contributed by atoms with E-state index in [2.05, 4.69) is 11.9 Å². The molecule has 0 bridgehead atoms. The summed E-state index contributed by atoms with van der Waals surface area (Å²) in [5, 5.41) is 2.95. The first kappa shape index (κ1) is 6.89. The van der Waals surface area contributed by atoms with E-state index in [1.807, 2.05) is 0 Å². The van der Waals surface area contributed by atoms with Crippen LogP contribution in [0.25, 0.3) is 0 Å². The molecule has 2 rings (SSSR count). The van der Waals surface area contributed by atoms with Gasteiger partial charge in [-0.3, -0.25) is 4.79 Å². The molecule has 0 heterocycles. The Morgan fingerprint density at radius 1 is 1.45 bits per heavy atom. The van der Waals surface area contributed by atoms with E-state index >= 15 is 0 Å². The van der Waals surface area contributed by atoms with E-state index in [-0.39, 0.29) is 5.91 Å². The number of carbonyl (C=O) groups is 1. The summed E-state index contributed by atoms with van der Waals surface area (Å²) in [5.74, 6) is 1.60. The van der Waals surface area contributed by atoms with Crippen molar-refractivity contribution in [2.75, 3.05) is 0 Å². The van der Waals surface area contributed by atoms with Crippen molar-refractivity contribution in [1.82, 2.24) is 5.32 Å². The van der Waals surface area contributed by atoms with Crippen LogP contribution in [0.1, 0.15) is 19.3 Å². The van der Waals surface area contributed by atoms with Crippen molar-refractivity contribution in [3.05, 3.63) is 12.7 Å². The van der Waals surface area contributed by atoms with Gasteiger partial charge in [0.1, 0.15) is 0 Å². The standard InChI is InChI=1S/C9H13NO/c1-2-8(11)10-9-6-4-3-5-7(6)9/h2,6-7,9H,1,3-5H2,(H,10,11)/t6-,7+,9?. The average molecular weight is 151 g/mol. The fraction of sp³-hybridized carbons (Fsp3) is 0.667. The van der Waals surface area contributed by atoms with Crippen LogP contribution in [-0.4, -0.2) is 11.9 Å². The second-order valence-electron chi connectivity index (χ2n) is 3.50. The minimum atomic E-state index is -0.00981. The number of hydrogen-bond donors (Lipinski definition) is 1. The highest BCUT2D eigenvalue weighted by Gasteiger charge is 2.52. The van der Waals surface area contributed by atoms with Gasteiger partial charge in [0.05, 0.1) is 0 Å². The highest BCUT2D eigenvalue weighted by atomic mass is 16.1. The summed E-state index contributed by atoms with van der Waals surface area (Å²) in [6, 6.07) is 0.495. The summed E-state index contributed by atoms with van der Waals surface area (Å²) in [5.41, 5.74) is 0. The van der Waals surface area contributed by atoms with E-state index in [9.17, 15) is 4.79 Å². The summed E-state index contributed by atoms with van der Waals surface area (Å²) in [4.78, 5) is 10.9. The summed E-state index contributed by atoms with van der Waals surface area (Å²) in [6.07, 6.45) is 5.34. The van der Waals surface area contributed by atoms with Crippen molar-refractivity contribution in [1.29, 1.82) is 0 Å². The van der Waals surface area contributed by atoms with Gasteiger partial charge in [-0.05, 0) is 30.8 Å². The lowest BCUT2D eigenvalue weighted by Crippen LogP contribution is -2.26. The highest BCUT2D eigenvalue weighted by molar-refractivity contribution is 5.87. The lowest BCUT2D eigenvalue weighted by atomic mass is 10.2. The molecule has 2 saturated carbocycles. The molecular weight excluding hydrogens is 138 g/mol. The topological polar surface area (TPSA) is 29.1 Å². The molecule has 0 aromatic heterocycles. The Morgan fingerprint density at radius 3 is 2.64 bits per heavy atom. The molecular formula is C9H13NO. The normalized spacial score (nSPS) is 39.5. The molecule has 60 valence electrons. The van der Waals surface area contributed by atoms with E-state index in [1.54, 1.807) is 0 Å². The Bertz CT molecular complexity index is 190. The summed E-state index contributed by atoms with van der Waals surface area (Å²) < 4.78 is 0. The van der Waals surface area contributed by atoms with Gasteiger partial charge < -0.3 is 5.32 Å². The number of nitrogens with one attached hydrogen (secondary N) is 1. The predicted molar refractivity (Wildman–Crippen MR) is 43.0 cm³/mol. The lowest BCUT2D eigenvalue weighted by molar-refractivity contribution is -0.116. The molecule has 0 spiro atoms. The van der Waals surface area contributed by atoms with E-state index < -0.39 is 0 Å². The minimum absolute atomic E-state index is 0.00981. The molecule has 0 aromatic rings. The Kier molecular flexibility index (Phi) is 1.48. The van der Waals surface area contributed by atoms with Gasteiger partial charge in [-0.1, -0.05) is 13.0 Å². The first-order valence-corrected chi connectivity index (χ1v) is 4.26. The van der Waals surface area contributed by atoms with Gasteiger partial charge in [0, 0.05) is 6.04 Å². The Balaban J connectivity index is 1.83. The zero-order valence-corrected chi connectivity index (χ0v) is 6.55. The first-order valence-electron chi connectivity index (χ1n) is 4.26. The molecule has 11 heavy (non-hydrogen) atoms. The van der Waals surface area contributed by atoms with Crippen molar-refractivity contribution in [3.8, 4) is 0 Å². The number of rotatable bonds is 2. The predicted octanol–water partition coefficient (Wildman–Crippen LogP) is 1.09. The summed E-state index contributed by atoms with van der Waals surface area (Å²) in [7, 11) is 0. The highest BCUT2D eigenvalue weighted by Crippen LogP contribution is 2.51. The zero-order chi connectivity index (χ0) is 7.84. The van der Waals surface area contributed by atoms with E-state index in [0.717, 1.165) is 11.8 Å². The van der Waals surface area contributed by atoms with Gasteiger partial charge in [0.2, 0.25) is 5.91 Å². The molecule has 2 aliphatic carbocycles. The fourth-order valence-corrected chi connectivity index (χ4v) is 2.26. The first-order chi connectivity index (χ1) is 5.33. The fourth-order valence-electron chi connectivity index (χ4n) is 2.26. The van der Waals surface area contributed by atoms with E-state index in [1.165, 1.54) is 25.3 Å². The molecule has 0 aliphatic heterocycles. The van der Waals surface area contributed by atoms with E-state index in [4.69, 9.17) is 0 Å². The average Bonchev–Trinajstić information content (AvgIpc) is 2.52. The quantitative estimate of drug-likeness (QED) is 0.588. The Morgan fingerprint density at radius 2 is 2.09 bits per heavy atom. The molecule has 3 atom stereocenters. The molecule has 1 amide bonds. The molecule has 2 aliphatic rings. The number of amides is 1. The van der Waals surface area contributed by atoms with Crippen LogP contribution in [0.5, 0.6) is 0 Å². The van der Waals surface area contributed by atoms with Crippen molar-refractivity contribution in [3.63, 3.8) is 0 Å². The smallest absolute Gasteiger partial charge is 0.243 e. The van der Waals surface area contributed by atoms with Crippen LogP contribution in [0.3, 0.4) is 0 Å². The molecule has 0 aromatic carbocycles. The van der Waals surface area contributed by atoms with Crippen LogP contribution in [-0.2, 0) is 4.79 Å². The third kappa shape index (κ3) is 1.06. The Labute approximate surface area is 66.7 Å². The molecule has 0 saturated heterocycles. The van der Waals surface area contributed by atoms with Gasteiger partial charge in [-0.15, -0.1) is 0 Å². The van der Waals surface area contributed by atoms with Gasteiger partial charge >= 0.3 is 0 Å². The van der Waals surface area contributed by atoms with Crippen molar-refractivity contribution in [2.24, 2.45) is 11.8 Å². The third-order valence-electron chi connectivity index (χ3n) is 2.90. The summed E-state index contributed by atoms with van der Waals surface area (Å²) >= 11 is 0. The molecule has 2 heteroatoms. The van der Waals surface area contributed by atoms with Crippen molar-refractivity contribution < 1.29 is 4.79 Å². The lowest BCUT2D eigenvalue weighted by Gasteiger charge is -2.02. The monoisotopic (exact) mass is 151 g/mol. The maximum atomic E-state index is 10.9. The van der Waals surface area contributed by atoms with Gasteiger partial charge in [0.15, 0.2) is 0 Å². The van der Waals surface area contributed by atoms with E-state index in [0.29, 0.717) is 6.04 Å². The molecule has 0 radical (unpaired) electrons. The second-order valence-corrected chi connectivity index (χ2v) is 3.50. The molecule has 2 nitrogen and oxygen atoms in total. The molecule has 1 N–H and O–H groups in total. The van der Waals surface area contributed by atoms with Gasteiger partial charge in [-0.2, -0.15) is 0 Å². The largest absolute Gasteiger partial charge is 0.349 e. The van der Waals surface area contributed by atoms with Crippen LogP contribution in [0.4, 0.5) is 0 Å². The number of carbonyl (C=O) groups excluding carboxylic acids is 1.